The van der Waals surface area contributed by atoms with Gasteiger partial charge in [-0.25, -0.2) is 4.98 Å². The fourth-order valence-corrected chi connectivity index (χ4v) is 5.69. The highest BCUT2D eigenvalue weighted by Crippen LogP contribution is 2.30. The molecule has 0 radical (unpaired) electrons. The number of likely N-dealkylation sites (N-methyl/N-ethyl adjacent to an activating group) is 1. The van der Waals surface area contributed by atoms with Gasteiger partial charge in [-0.2, -0.15) is 0 Å². The molecular weight excluding hydrogens is 480 g/mol. The average Bonchev–Trinajstić information content (AvgIpc) is 3.44. The monoisotopic (exact) mass is 512 g/mol. The van der Waals surface area contributed by atoms with Crippen molar-refractivity contribution < 1.29 is 9.59 Å². The Hall–Kier alpha value is -2.48. The quantitative estimate of drug-likeness (QED) is 0.419. The van der Waals surface area contributed by atoms with Crippen LogP contribution in [-0.4, -0.2) is 54.4 Å². The van der Waals surface area contributed by atoms with Crippen LogP contribution in [0.15, 0.2) is 42.5 Å². The highest BCUT2D eigenvalue weighted by Gasteiger charge is 2.33. The second-order valence-corrected chi connectivity index (χ2v) is 11.2. The standard InChI is InChI=1S/C27H33ClN4O2S/c1-5-31(6-2)17-27(3,4)19-7-10-21(11-8-19)32-14-13-18(26(32)34)16-29-24(33)25-30-22-15-20(28)9-12-23(22)35-25/h7-12,15,18H,5-6,13-14,16-17H2,1-4H3,(H,29,33). The first kappa shape index (κ1) is 25.6. The van der Waals surface area contributed by atoms with Crippen LogP contribution >= 0.6 is 22.9 Å². The van der Waals surface area contributed by atoms with Gasteiger partial charge in [-0.3, -0.25) is 9.59 Å². The van der Waals surface area contributed by atoms with Crippen LogP contribution in [0, 0.1) is 5.92 Å². The van der Waals surface area contributed by atoms with Crippen molar-refractivity contribution in [3.05, 3.63) is 58.1 Å². The van der Waals surface area contributed by atoms with E-state index in [1.807, 2.05) is 23.1 Å². The molecule has 2 amide bonds. The number of aromatic nitrogens is 1. The molecule has 6 nitrogen and oxygen atoms in total. The number of nitrogens with zero attached hydrogens (tertiary/aromatic N) is 3. The first-order chi connectivity index (χ1) is 16.7. The molecule has 3 aromatic rings. The average molecular weight is 513 g/mol. The fraction of sp³-hybridized carbons (Fsp3) is 0.444. The summed E-state index contributed by atoms with van der Waals surface area (Å²) in [4.78, 5) is 34.4. The van der Waals surface area contributed by atoms with Gasteiger partial charge in [0, 0.05) is 35.8 Å². The van der Waals surface area contributed by atoms with Gasteiger partial charge >= 0.3 is 0 Å². The minimum absolute atomic E-state index is 0.0261. The third-order valence-corrected chi connectivity index (χ3v) is 8.11. The van der Waals surface area contributed by atoms with E-state index < -0.39 is 0 Å². The summed E-state index contributed by atoms with van der Waals surface area (Å²) in [7, 11) is 0. The Kier molecular flexibility index (Phi) is 7.79. The third kappa shape index (κ3) is 5.68. The van der Waals surface area contributed by atoms with Gasteiger partial charge in [-0.1, -0.05) is 51.4 Å². The predicted molar refractivity (Wildman–Crippen MR) is 145 cm³/mol. The maximum atomic E-state index is 13.1. The van der Waals surface area contributed by atoms with Crippen LogP contribution in [0.1, 0.15) is 49.5 Å². The van der Waals surface area contributed by atoms with Crippen molar-refractivity contribution in [2.45, 2.75) is 39.5 Å². The van der Waals surface area contributed by atoms with E-state index in [0.29, 0.717) is 35.1 Å². The van der Waals surface area contributed by atoms with Gasteiger partial charge < -0.3 is 15.1 Å². The molecule has 1 N–H and O–H groups in total. The number of benzene rings is 2. The summed E-state index contributed by atoms with van der Waals surface area (Å²) in [5.74, 6) is -0.438. The van der Waals surface area contributed by atoms with Gasteiger partial charge in [-0.05, 0) is 55.4 Å². The topological polar surface area (TPSA) is 65.5 Å². The molecule has 0 spiro atoms. The van der Waals surface area contributed by atoms with Crippen molar-refractivity contribution in [3.63, 3.8) is 0 Å². The Balaban J connectivity index is 1.36. The third-order valence-electron chi connectivity index (χ3n) is 6.84. The predicted octanol–water partition coefficient (Wildman–Crippen LogP) is 5.35. The van der Waals surface area contributed by atoms with E-state index in [1.54, 1.807) is 12.1 Å². The molecule has 35 heavy (non-hydrogen) atoms. The highest BCUT2D eigenvalue weighted by molar-refractivity contribution is 7.20. The van der Waals surface area contributed by atoms with E-state index in [0.717, 1.165) is 30.0 Å². The van der Waals surface area contributed by atoms with Gasteiger partial charge in [-0.15, -0.1) is 11.3 Å². The molecule has 0 aliphatic carbocycles. The molecule has 2 aromatic carbocycles. The molecule has 2 heterocycles. The molecule has 186 valence electrons. The number of hydrogen-bond donors (Lipinski definition) is 1. The van der Waals surface area contributed by atoms with Crippen LogP contribution in [0.2, 0.25) is 5.02 Å². The first-order valence-corrected chi connectivity index (χ1v) is 13.4. The van der Waals surface area contributed by atoms with E-state index >= 15 is 0 Å². The number of fused-ring (bicyclic) bond motifs is 1. The minimum atomic E-state index is -0.256. The van der Waals surface area contributed by atoms with Crippen molar-refractivity contribution in [2.24, 2.45) is 5.92 Å². The number of amides is 2. The lowest BCUT2D eigenvalue weighted by atomic mass is 9.84. The van der Waals surface area contributed by atoms with E-state index in [1.165, 1.54) is 16.9 Å². The summed E-state index contributed by atoms with van der Waals surface area (Å²) in [6, 6.07) is 13.8. The first-order valence-electron chi connectivity index (χ1n) is 12.2. The Morgan fingerprint density at radius 2 is 1.91 bits per heavy atom. The summed E-state index contributed by atoms with van der Waals surface area (Å²) in [5.41, 5.74) is 2.91. The summed E-state index contributed by atoms with van der Waals surface area (Å²) in [5, 5.41) is 3.87. The van der Waals surface area contributed by atoms with Crippen LogP contribution in [0.25, 0.3) is 10.2 Å². The Bertz CT molecular complexity index is 1200. The van der Waals surface area contributed by atoms with Gasteiger partial charge in [0.1, 0.15) is 0 Å². The van der Waals surface area contributed by atoms with E-state index in [4.69, 9.17) is 11.6 Å². The molecule has 1 fully saturated rings. The van der Waals surface area contributed by atoms with Gasteiger partial charge in [0.15, 0.2) is 5.01 Å². The number of rotatable bonds is 9. The lowest BCUT2D eigenvalue weighted by molar-refractivity contribution is -0.120. The number of nitrogens with one attached hydrogen (secondary N) is 1. The van der Waals surface area contributed by atoms with Crippen LogP contribution in [0.4, 0.5) is 5.69 Å². The lowest BCUT2D eigenvalue weighted by Gasteiger charge is -2.32. The molecule has 8 heteroatoms. The molecule has 4 rings (SSSR count). The maximum absolute atomic E-state index is 13.1. The van der Waals surface area contributed by atoms with E-state index in [-0.39, 0.29) is 23.1 Å². The van der Waals surface area contributed by atoms with Crippen LogP contribution in [0.3, 0.4) is 0 Å². The number of thiazole rings is 1. The normalized spacial score (nSPS) is 16.5. The van der Waals surface area contributed by atoms with Crippen LogP contribution < -0.4 is 10.2 Å². The second-order valence-electron chi connectivity index (χ2n) is 9.71. The van der Waals surface area contributed by atoms with Gasteiger partial charge in [0.25, 0.3) is 5.91 Å². The van der Waals surface area contributed by atoms with Gasteiger partial charge in [0.2, 0.25) is 5.91 Å². The molecular formula is C27H33ClN4O2S. The Labute approximate surface area is 216 Å². The summed E-state index contributed by atoms with van der Waals surface area (Å²) in [6.07, 6.45) is 0.712. The van der Waals surface area contributed by atoms with E-state index in [2.05, 4.69) is 55.0 Å². The van der Waals surface area contributed by atoms with Crippen molar-refractivity contribution in [1.29, 1.82) is 0 Å². The SMILES string of the molecule is CCN(CC)CC(C)(C)c1ccc(N2CCC(CNC(=O)c3nc4cc(Cl)ccc4s3)C2=O)cc1. The molecule has 1 unspecified atom stereocenters. The molecule has 1 aromatic heterocycles. The van der Waals surface area contributed by atoms with Crippen LogP contribution in [0.5, 0.6) is 0 Å². The molecule has 1 aliphatic heterocycles. The number of hydrogen-bond acceptors (Lipinski definition) is 5. The molecule has 1 atom stereocenters. The van der Waals surface area contributed by atoms with Crippen LogP contribution in [-0.2, 0) is 10.2 Å². The number of anilines is 1. The molecule has 0 bridgehead atoms. The summed E-state index contributed by atoms with van der Waals surface area (Å²) in [6.45, 7) is 12.9. The van der Waals surface area contributed by atoms with E-state index in [9.17, 15) is 9.59 Å². The Morgan fingerprint density at radius 1 is 1.20 bits per heavy atom. The zero-order chi connectivity index (χ0) is 25.2. The van der Waals surface area contributed by atoms with Crippen molar-refractivity contribution in [1.82, 2.24) is 15.2 Å². The van der Waals surface area contributed by atoms with Crippen molar-refractivity contribution >= 4 is 50.7 Å². The Morgan fingerprint density at radius 3 is 2.60 bits per heavy atom. The number of carbonyl (C=O) groups is 2. The fourth-order valence-electron chi connectivity index (χ4n) is 4.66. The molecule has 0 saturated carbocycles. The zero-order valence-electron chi connectivity index (χ0n) is 20.8. The van der Waals surface area contributed by atoms with Crippen molar-refractivity contribution in [2.75, 3.05) is 37.6 Å². The number of halogens is 1. The smallest absolute Gasteiger partial charge is 0.280 e. The van der Waals surface area contributed by atoms with Gasteiger partial charge in [0.05, 0.1) is 16.1 Å². The second kappa shape index (κ2) is 10.6. The highest BCUT2D eigenvalue weighted by atomic mass is 35.5. The van der Waals surface area contributed by atoms with Crippen molar-refractivity contribution in [3.8, 4) is 0 Å². The number of carbonyl (C=O) groups excluding carboxylic acids is 2. The summed E-state index contributed by atoms with van der Waals surface area (Å²) < 4.78 is 0.909. The zero-order valence-corrected chi connectivity index (χ0v) is 22.4. The largest absolute Gasteiger partial charge is 0.349 e. The minimum Gasteiger partial charge on any atom is -0.349 e. The maximum Gasteiger partial charge on any atom is 0.280 e. The lowest BCUT2D eigenvalue weighted by Crippen LogP contribution is -2.37. The summed E-state index contributed by atoms with van der Waals surface area (Å²) >= 11 is 7.34. The molecule has 1 aliphatic rings. The molecule has 1 saturated heterocycles.